The van der Waals surface area contributed by atoms with Gasteiger partial charge in [-0.2, -0.15) is 4.31 Å². The highest BCUT2D eigenvalue weighted by atomic mass is 32.2. The van der Waals surface area contributed by atoms with E-state index in [1.807, 2.05) is 35.7 Å². The molecule has 1 aromatic carbocycles. The Labute approximate surface area is 209 Å². The number of nitrogens with one attached hydrogen (secondary N) is 1. The molecule has 0 atom stereocenters. The number of anilines is 2. The fraction of sp³-hybridized carbons (Fsp3) is 0.478. The van der Waals surface area contributed by atoms with E-state index in [0.717, 1.165) is 65.1 Å². The molecular weight excluding hydrogens is 492 g/mol. The first-order valence-electron chi connectivity index (χ1n) is 11.3. The van der Waals surface area contributed by atoms with Gasteiger partial charge in [-0.1, -0.05) is 19.3 Å². The lowest BCUT2D eigenvalue weighted by Crippen LogP contribution is -2.47. The van der Waals surface area contributed by atoms with Crippen molar-refractivity contribution in [3.63, 3.8) is 0 Å². The van der Waals surface area contributed by atoms with Gasteiger partial charge in [0.05, 0.1) is 30.6 Å². The van der Waals surface area contributed by atoms with Crippen LogP contribution in [-0.4, -0.2) is 66.8 Å². The zero-order valence-corrected chi connectivity index (χ0v) is 21.8. The molecule has 0 radical (unpaired) electrons. The second kappa shape index (κ2) is 11.1. The van der Waals surface area contributed by atoms with Crippen LogP contribution < -0.4 is 10.1 Å². The number of carbonyl (C=O) groups is 1. The van der Waals surface area contributed by atoms with Gasteiger partial charge in [0.25, 0.3) is 0 Å². The number of hydrogen-bond donors (Lipinski definition) is 1. The molecule has 0 spiro atoms. The SMILES string of the molecule is COc1ccc(Nc2nc(/C=C3/SCCN3C(=O)CN(C3CCCCC3)S(C)(=O)=O)cs2)cc1. The van der Waals surface area contributed by atoms with Crippen LogP contribution in [0.5, 0.6) is 5.75 Å². The highest BCUT2D eigenvalue weighted by molar-refractivity contribution is 8.03. The summed E-state index contributed by atoms with van der Waals surface area (Å²) in [5, 5.41) is 6.77. The minimum atomic E-state index is -3.46. The molecule has 1 saturated heterocycles. The number of aromatic nitrogens is 1. The van der Waals surface area contributed by atoms with E-state index < -0.39 is 10.0 Å². The third kappa shape index (κ3) is 6.32. The van der Waals surface area contributed by atoms with Crippen molar-refractivity contribution in [1.82, 2.24) is 14.2 Å². The van der Waals surface area contributed by atoms with Crippen LogP contribution in [0, 0.1) is 0 Å². The lowest BCUT2D eigenvalue weighted by molar-refractivity contribution is -0.129. The maximum absolute atomic E-state index is 13.2. The van der Waals surface area contributed by atoms with Gasteiger partial charge in [0.15, 0.2) is 5.13 Å². The number of thioether (sulfide) groups is 1. The number of methoxy groups -OCH3 is 1. The molecule has 1 aliphatic carbocycles. The molecule has 1 amide bonds. The first kappa shape index (κ1) is 25.0. The van der Waals surface area contributed by atoms with Crippen LogP contribution in [0.25, 0.3) is 6.08 Å². The second-order valence-corrected chi connectivity index (χ2v) is 12.3. The summed E-state index contributed by atoms with van der Waals surface area (Å²) in [6.07, 6.45) is 7.88. The van der Waals surface area contributed by atoms with E-state index in [9.17, 15) is 13.2 Å². The number of thiazole rings is 1. The number of amides is 1. The number of nitrogens with zero attached hydrogens (tertiary/aromatic N) is 3. The highest BCUT2D eigenvalue weighted by Gasteiger charge is 2.33. The molecular formula is C23H30N4O4S3. The third-order valence-electron chi connectivity index (χ3n) is 5.97. The van der Waals surface area contributed by atoms with Crippen molar-refractivity contribution in [2.75, 3.05) is 37.5 Å². The number of carbonyl (C=O) groups excluding carboxylic acids is 1. The summed E-state index contributed by atoms with van der Waals surface area (Å²) in [5.74, 6) is 1.39. The number of ether oxygens (including phenoxy) is 1. The summed E-state index contributed by atoms with van der Waals surface area (Å²) in [6, 6.07) is 7.52. The van der Waals surface area contributed by atoms with Crippen molar-refractivity contribution in [3.05, 3.63) is 40.4 Å². The Morgan fingerprint density at radius 2 is 2.00 bits per heavy atom. The van der Waals surface area contributed by atoms with Crippen molar-refractivity contribution in [3.8, 4) is 5.75 Å². The number of rotatable bonds is 8. The molecule has 34 heavy (non-hydrogen) atoms. The molecule has 1 N–H and O–H groups in total. The van der Waals surface area contributed by atoms with Crippen molar-refractivity contribution in [1.29, 1.82) is 0 Å². The van der Waals surface area contributed by atoms with Crippen LogP contribution in [-0.2, 0) is 14.8 Å². The maximum atomic E-state index is 13.2. The summed E-state index contributed by atoms with van der Waals surface area (Å²) >= 11 is 3.07. The van der Waals surface area contributed by atoms with E-state index in [1.165, 1.54) is 21.9 Å². The lowest BCUT2D eigenvalue weighted by atomic mass is 9.95. The van der Waals surface area contributed by atoms with Crippen LogP contribution in [0.2, 0.25) is 0 Å². The van der Waals surface area contributed by atoms with Gasteiger partial charge in [0.1, 0.15) is 5.75 Å². The largest absolute Gasteiger partial charge is 0.497 e. The Kier molecular flexibility index (Phi) is 8.18. The summed E-state index contributed by atoms with van der Waals surface area (Å²) in [4.78, 5) is 19.5. The molecule has 0 bridgehead atoms. The molecule has 2 aliphatic rings. The number of benzene rings is 1. The van der Waals surface area contributed by atoms with Crippen LogP contribution in [0.15, 0.2) is 34.7 Å². The number of sulfonamides is 1. The Balaban J connectivity index is 1.44. The van der Waals surface area contributed by atoms with Crippen molar-refractivity contribution in [2.24, 2.45) is 0 Å². The van der Waals surface area contributed by atoms with E-state index in [-0.39, 0.29) is 18.5 Å². The van der Waals surface area contributed by atoms with E-state index >= 15 is 0 Å². The van der Waals surface area contributed by atoms with Gasteiger partial charge in [-0.25, -0.2) is 13.4 Å². The Morgan fingerprint density at radius 1 is 1.26 bits per heavy atom. The Hall–Kier alpha value is -2.08. The molecule has 2 heterocycles. The zero-order chi connectivity index (χ0) is 24.1. The third-order valence-corrected chi connectivity index (χ3v) is 9.04. The fourth-order valence-corrected chi connectivity index (χ4v) is 7.06. The van der Waals surface area contributed by atoms with Gasteiger partial charge < -0.3 is 15.0 Å². The predicted molar refractivity (Wildman–Crippen MR) is 139 cm³/mol. The molecule has 8 nitrogen and oxygen atoms in total. The zero-order valence-electron chi connectivity index (χ0n) is 19.4. The smallest absolute Gasteiger partial charge is 0.242 e. The average molecular weight is 523 g/mol. The standard InChI is InChI=1S/C23H30N4O4S3/c1-31-20-10-8-17(9-11-20)24-23-25-18(16-33-23)14-22-26(12-13-32-22)21(28)15-27(34(2,29)30)19-6-4-3-5-7-19/h8-11,14,16,19H,3-7,12-13,15H2,1-2H3,(H,24,25)/b22-14+. The molecule has 1 aliphatic heterocycles. The Bertz CT molecular complexity index is 1130. The molecule has 2 fully saturated rings. The molecule has 2 aromatic rings. The summed E-state index contributed by atoms with van der Waals surface area (Å²) < 4.78 is 31.5. The van der Waals surface area contributed by atoms with Gasteiger partial charge in [0.2, 0.25) is 15.9 Å². The average Bonchev–Trinajstić information content (AvgIpc) is 3.47. The Morgan fingerprint density at radius 3 is 2.68 bits per heavy atom. The molecule has 0 unspecified atom stereocenters. The first-order chi connectivity index (χ1) is 16.3. The van der Waals surface area contributed by atoms with Gasteiger partial charge >= 0.3 is 0 Å². The molecule has 11 heteroatoms. The summed E-state index contributed by atoms with van der Waals surface area (Å²) in [5.41, 5.74) is 1.67. The first-order valence-corrected chi connectivity index (χ1v) is 15.0. The van der Waals surface area contributed by atoms with Crippen LogP contribution >= 0.6 is 23.1 Å². The van der Waals surface area contributed by atoms with Crippen LogP contribution in [0.3, 0.4) is 0 Å². The maximum Gasteiger partial charge on any atom is 0.242 e. The van der Waals surface area contributed by atoms with Gasteiger partial charge in [-0.05, 0) is 43.2 Å². The molecule has 1 saturated carbocycles. The van der Waals surface area contributed by atoms with Crippen molar-refractivity contribution >= 4 is 55.9 Å². The van der Waals surface area contributed by atoms with Gasteiger partial charge in [-0.3, -0.25) is 4.79 Å². The lowest BCUT2D eigenvalue weighted by Gasteiger charge is -2.33. The monoisotopic (exact) mass is 522 g/mol. The normalized spacial score (nSPS) is 18.6. The van der Waals surface area contributed by atoms with Crippen LogP contribution in [0.1, 0.15) is 37.8 Å². The van der Waals surface area contributed by atoms with E-state index in [2.05, 4.69) is 10.3 Å². The number of hydrogen-bond acceptors (Lipinski definition) is 8. The minimum Gasteiger partial charge on any atom is -0.497 e. The van der Waals surface area contributed by atoms with Crippen molar-refractivity contribution in [2.45, 2.75) is 38.1 Å². The highest BCUT2D eigenvalue weighted by Crippen LogP contribution is 2.32. The van der Waals surface area contributed by atoms with Crippen LogP contribution in [0.4, 0.5) is 10.8 Å². The van der Waals surface area contributed by atoms with Crippen molar-refractivity contribution < 1.29 is 17.9 Å². The predicted octanol–water partition coefficient (Wildman–Crippen LogP) is 4.36. The topological polar surface area (TPSA) is 91.8 Å². The quantitative estimate of drug-likeness (QED) is 0.551. The molecule has 184 valence electrons. The van der Waals surface area contributed by atoms with E-state index in [4.69, 9.17) is 4.74 Å². The fourth-order valence-electron chi connectivity index (χ4n) is 4.24. The molecule has 4 rings (SSSR count). The van der Waals surface area contributed by atoms with E-state index in [1.54, 1.807) is 23.8 Å². The second-order valence-electron chi connectivity index (χ2n) is 8.41. The summed E-state index contributed by atoms with van der Waals surface area (Å²) in [6.45, 7) is 0.460. The minimum absolute atomic E-state index is 0.0829. The van der Waals surface area contributed by atoms with Gasteiger partial charge in [0, 0.05) is 29.4 Å². The van der Waals surface area contributed by atoms with E-state index in [0.29, 0.717) is 6.54 Å². The van der Waals surface area contributed by atoms with Gasteiger partial charge in [-0.15, -0.1) is 23.1 Å². The summed E-state index contributed by atoms with van der Waals surface area (Å²) in [7, 11) is -1.83. The molecule has 1 aromatic heterocycles.